The highest BCUT2D eigenvalue weighted by Gasteiger charge is 2.32. The van der Waals surface area contributed by atoms with Crippen molar-refractivity contribution in [1.29, 1.82) is 0 Å². The summed E-state index contributed by atoms with van der Waals surface area (Å²) >= 11 is 0. The van der Waals surface area contributed by atoms with Crippen LogP contribution in [0.2, 0.25) is 0 Å². The monoisotopic (exact) mass is 493 g/mol. The highest BCUT2D eigenvalue weighted by molar-refractivity contribution is 7.89. The molecule has 4 rings (SSSR count). The van der Waals surface area contributed by atoms with E-state index in [4.69, 9.17) is 4.74 Å². The summed E-state index contributed by atoms with van der Waals surface area (Å²) in [5.41, 5.74) is 3.79. The molecule has 0 saturated carbocycles. The van der Waals surface area contributed by atoms with Crippen LogP contribution in [0.4, 0.5) is 0 Å². The third-order valence-electron chi connectivity index (χ3n) is 6.42. The Balaban J connectivity index is 1.27. The zero-order valence-electron chi connectivity index (χ0n) is 20.1. The Bertz CT molecular complexity index is 1270. The van der Waals surface area contributed by atoms with Crippen molar-refractivity contribution >= 4 is 15.9 Å². The third kappa shape index (κ3) is 6.26. The van der Waals surface area contributed by atoms with Crippen LogP contribution in [0.3, 0.4) is 0 Å². The van der Waals surface area contributed by atoms with Gasteiger partial charge in [0.25, 0.3) is 0 Å². The number of hydrogen-bond donors (Lipinski definition) is 1. The summed E-state index contributed by atoms with van der Waals surface area (Å²) < 4.78 is 33.3. The first-order valence-electron chi connectivity index (χ1n) is 11.8. The van der Waals surface area contributed by atoms with Gasteiger partial charge in [0.15, 0.2) is 0 Å². The summed E-state index contributed by atoms with van der Waals surface area (Å²) in [6.45, 7) is 5.31. The van der Waals surface area contributed by atoms with Gasteiger partial charge in [0.2, 0.25) is 15.9 Å². The highest BCUT2D eigenvalue weighted by atomic mass is 32.2. The van der Waals surface area contributed by atoms with Crippen LogP contribution in [0.25, 0.3) is 0 Å². The van der Waals surface area contributed by atoms with Gasteiger partial charge >= 0.3 is 0 Å². The summed E-state index contributed by atoms with van der Waals surface area (Å²) in [6.07, 6.45) is 2.74. The van der Waals surface area contributed by atoms with E-state index in [2.05, 4.69) is 10.3 Å². The van der Waals surface area contributed by atoms with E-state index >= 15 is 0 Å². The van der Waals surface area contributed by atoms with Crippen molar-refractivity contribution in [2.75, 3.05) is 13.1 Å². The van der Waals surface area contributed by atoms with Crippen molar-refractivity contribution in [2.24, 2.45) is 5.92 Å². The standard InChI is InChI=1S/C27H31N3O4S/c1-20-9-10-26(16-21(20)2)35(32,33)30-14-11-23(12-15-30)27(31)29-18-22-6-5-8-25(17-22)34-19-24-7-3-4-13-28-24/h3-10,13,16-17,23H,11-12,14-15,18-19H2,1-2H3,(H,29,31). The molecule has 35 heavy (non-hydrogen) atoms. The number of hydrogen-bond acceptors (Lipinski definition) is 5. The first-order valence-corrected chi connectivity index (χ1v) is 13.2. The van der Waals surface area contributed by atoms with E-state index < -0.39 is 10.0 Å². The molecule has 0 aliphatic carbocycles. The molecule has 0 atom stereocenters. The van der Waals surface area contributed by atoms with Crippen molar-refractivity contribution < 1.29 is 17.9 Å². The summed E-state index contributed by atoms with van der Waals surface area (Å²) in [5, 5.41) is 2.99. The molecule has 1 aromatic heterocycles. The van der Waals surface area contributed by atoms with E-state index in [0.29, 0.717) is 49.7 Å². The maximum atomic E-state index is 13.0. The van der Waals surface area contributed by atoms with E-state index in [1.165, 1.54) is 4.31 Å². The Kier molecular flexibility index (Phi) is 7.83. The van der Waals surface area contributed by atoms with Crippen LogP contribution in [0.5, 0.6) is 5.75 Å². The Hall–Kier alpha value is -3.23. The van der Waals surface area contributed by atoms with Crippen LogP contribution < -0.4 is 10.1 Å². The second kappa shape index (κ2) is 11.0. The minimum absolute atomic E-state index is 0.0481. The molecule has 0 spiro atoms. The smallest absolute Gasteiger partial charge is 0.243 e. The van der Waals surface area contributed by atoms with Gasteiger partial charge in [0, 0.05) is 31.7 Å². The SMILES string of the molecule is Cc1ccc(S(=O)(=O)N2CCC(C(=O)NCc3cccc(OCc4ccccn4)c3)CC2)cc1C. The molecule has 1 aliphatic rings. The van der Waals surface area contributed by atoms with Crippen LogP contribution in [0.1, 0.15) is 35.2 Å². The molecule has 7 nitrogen and oxygen atoms in total. The van der Waals surface area contributed by atoms with Crippen LogP contribution in [0.15, 0.2) is 71.8 Å². The number of ether oxygens (including phenoxy) is 1. The zero-order chi connectivity index (χ0) is 24.8. The quantitative estimate of drug-likeness (QED) is 0.513. The van der Waals surface area contributed by atoms with Crippen LogP contribution in [-0.2, 0) is 28.0 Å². The maximum Gasteiger partial charge on any atom is 0.243 e. The molecule has 8 heteroatoms. The van der Waals surface area contributed by atoms with Gasteiger partial charge in [-0.25, -0.2) is 8.42 Å². The Morgan fingerprint density at radius 2 is 1.83 bits per heavy atom. The van der Waals surface area contributed by atoms with Gasteiger partial charge in [-0.05, 0) is 79.8 Å². The number of aromatic nitrogens is 1. The fourth-order valence-electron chi connectivity index (χ4n) is 4.10. The topological polar surface area (TPSA) is 88.6 Å². The summed E-state index contributed by atoms with van der Waals surface area (Å²) in [5.74, 6) is 0.463. The van der Waals surface area contributed by atoms with Gasteiger partial charge in [-0.3, -0.25) is 9.78 Å². The predicted molar refractivity (Wildman–Crippen MR) is 134 cm³/mol. The molecule has 3 aromatic rings. The number of benzene rings is 2. The number of nitrogens with one attached hydrogen (secondary N) is 1. The Morgan fingerprint density at radius 1 is 1.03 bits per heavy atom. The second-order valence-corrected chi connectivity index (χ2v) is 10.8. The predicted octanol–water partition coefficient (Wildman–Crippen LogP) is 3.99. The fourth-order valence-corrected chi connectivity index (χ4v) is 5.66. The van der Waals surface area contributed by atoms with Crippen molar-refractivity contribution in [3.63, 3.8) is 0 Å². The Morgan fingerprint density at radius 3 is 2.54 bits per heavy atom. The largest absolute Gasteiger partial charge is 0.487 e. The minimum atomic E-state index is -3.55. The minimum Gasteiger partial charge on any atom is -0.487 e. The lowest BCUT2D eigenvalue weighted by atomic mass is 9.97. The second-order valence-electron chi connectivity index (χ2n) is 8.90. The Labute approximate surface area is 207 Å². The summed E-state index contributed by atoms with van der Waals surface area (Å²) in [4.78, 5) is 17.3. The van der Waals surface area contributed by atoms with Crippen LogP contribution in [0, 0.1) is 19.8 Å². The summed E-state index contributed by atoms with van der Waals surface area (Å²) in [6, 6.07) is 18.5. The third-order valence-corrected chi connectivity index (χ3v) is 8.31. The molecule has 1 aliphatic heterocycles. The molecule has 184 valence electrons. The van der Waals surface area contributed by atoms with Crippen molar-refractivity contribution in [2.45, 2.75) is 44.7 Å². The van der Waals surface area contributed by atoms with Gasteiger partial charge in [0.05, 0.1) is 10.6 Å². The molecule has 2 aromatic carbocycles. The molecule has 1 N–H and O–H groups in total. The molecule has 0 unspecified atom stereocenters. The maximum absolute atomic E-state index is 13.0. The lowest BCUT2D eigenvalue weighted by molar-refractivity contribution is -0.126. The van der Waals surface area contributed by atoms with Gasteiger partial charge in [-0.1, -0.05) is 24.3 Å². The number of sulfonamides is 1. The number of piperidine rings is 1. The molecule has 0 radical (unpaired) electrons. The number of aryl methyl sites for hydroxylation is 2. The van der Waals surface area contributed by atoms with Gasteiger partial charge < -0.3 is 10.1 Å². The molecule has 1 saturated heterocycles. The number of carbonyl (C=O) groups is 1. The number of rotatable bonds is 8. The van der Waals surface area contributed by atoms with Crippen LogP contribution >= 0.6 is 0 Å². The number of nitrogens with zero attached hydrogens (tertiary/aromatic N) is 2. The van der Waals surface area contributed by atoms with Crippen molar-refractivity contribution in [3.8, 4) is 5.75 Å². The van der Waals surface area contributed by atoms with Crippen LogP contribution in [-0.4, -0.2) is 36.7 Å². The van der Waals surface area contributed by atoms with Crippen molar-refractivity contribution in [3.05, 3.63) is 89.2 Å². The molecule has 1 fully saturated rings. The average Bonchev–Trinajstić information content (AvgIpc) is 2.88. The van der Waals surface area contributed by atoms with E-state index in [9.17, 15) is 13.2 Å². The van der Waals surface area contributed by atoms with E-state index in [0.717, 1.165) is 22.4 Å². The fraction of sp³-hybridized carbons (Fsp3) is 0.333. The number of pyridine rings is 1. The summed E-state index contributed by atoms with van der Waals surface area (Å²) in [7, 11) is -3.55. The van der Waals surface area contributed by atoms with E-state index in [-0.39, 0.29) is 11.8 Å². The van der Waals surface area contributed by atoms with Gasteiger partial charge in [-0.15, -0.1) is 0 Å². The number of amides is 1. The first kappa shape index (κ1) is 24.9. The molecular weight excluding hydrogens is 462 g/mol. The lowest BCUT2D eigenvalue weighted by Crippen LogP contribution is -2.42. The normalized spacial score (nSPS) is 15.0. The van der Waals surface area contributed by atoms with E-state index in [1.54, 1.807) is 18.3 Å². The first-order chi connectivity index (χ1) is 16.8. The molecule has 0 bridgehead atoms. The van der Waals surface area contributed by atoms with Crippen molar-refractivity contribution in [1.82, 2.24) is 14.6 Å². The van der Waals surface area contributed by atoms with Gasteiger partial charge in [-0.2, -0.15) is 4.31 Å². The molecule has 1 amide bonds. The molecular formula is C27H31N3O4S. The van der Waals surface area contributed by atoms with Gasteiger partial charge in [0.1, 0.15) is 12.4 Å². The highest BCUT2D eigenvalue weighted by Crippen LogP contribution is 2.25. The average molecular weight is 494 g/mol. The number of carbonyl (C=O) groups excluding carboxylic acids is 1. The van der Waals surface area contributed by atoms with E-state index in [1.807, 2.05) is 62.4 Å². The molecule has 2 heterocycles. The zero-order valence-corrected chi connectivity index (χ0v) is 20.9. The lowest BCUT2D eigenvalue weighted by Gasteiger charge is -2.30.